The van der Waals surface area contributed by atoms with E-state index in [0.29, 0.717) is 16.6 Å². The zero-order valence-corrected chi connectivity index (χ0v) is 12.9. The van der Waals surface area contributed by atoms with E-state index in [1.165, 1.54) is 20.3 Å². The predicted octanol–water partition coefficient (Wildman–Crippen LogP) is 1.57. The summed E-state index contributed by atoms with van der Waals surface area (Å²) in [6.07, 6.45) is 0.936. The Bertz CT molecular complexity index is 844. The van der Waals surface area contributed by atoms with Gasteiger partial charge in [0.1, 0.15) is 11.4 Å². The molecule has 0 saturated heterocycles. The van der Waals surface area contributed by atoms with Gasteiger partial charge in [-0.15, -0.1) is 0 Å². The smallest absolute Gasteiger partial charge is 0.354 e. The van der Waals surface area contributed by atoms with Gasteiger partial charge in [0.2, 0.25) is 0 Å². The number of rotatable bonds is 5. The lowest BCUT2D eigenvalue weighted by Crippen LogP contribution is -2.16. The van der Waals surface area contributed by atoms with Crippen LogP contribution < -0.4 is 5.32 Å². The quantitative estimate of drug-likeness (QED) is 0.627. The predicted molar refractivity (Wildman–Crippen MR) is 84.4 cm³/mol. The van der Waals surface area contributed by atoms with Crippen molar-refractivity contribution in [2.24, 2.45) is 0 Å². The SMILES string of the molecule is COC(=O)/C=C(/Nc1cccc2ccc(C(=O)O)nc12)C(=O)OC. The number of pyridine rings is 1. The number of benzene rings is 1. The summed E-state index contributed by atoms with van der Waals surface area (Å²) in [4.78, 5) is 38.3. The summed E-state index contributed by atoms with van der Waals surface area (Å²) in [6.45, 7) is 0. The molecule has 8 nitrogen and oxygen atoms in total. The Balaban J connectivity index is 2.51. The second-order valence-corrected chi connectivity index (χ2v) is 4.58. The number of carbonyl (C=O) groups excluding carboxylic acids is 2. The summed E-state index contributed by atoms with van der Waals surface area (Å²) in [7, 11) is 2.34. The second-order valence-electron chi connectivity index (χ2n) is 4.58. The third-order valence-electron chi connectivity index (χ3n) is 3.08. The van der Waals surface area contributed by atoms with Gasteiger partial charge in [0.05, 0.1) is 31.5 Å². The first-order chi connectivity index (χ1) is 11.5. The number of ether oxygens (including phenoxy) is 2. The van der Waals surface area contributed by atoms with Gasteiger partial charge in [0, 0.05) is 5.39 Å². The minimum Gasteiger partial charge on any atom is -0.477 e. The van der Waals surface area contributed by atoms with Crippen molar-refractivity contribution < 1.29 is 29.0 Å². The van der Waals surface area contributed by atoms with Gasteiger partial charge >= 0.3 is 17.9 Å². The molecule has 8 heteroatoms. The van der Waals surface area contributed by atoms with E-state index in [9.17, 15) is 14.4 Å². The molecule has 0 aliphatic carbocycles. The lowest BCUT2D eigenvalue weighted by atomic mass is 10.1. The van der Waals surface area contributed by atoms with Crippen LogP contribution in [0.1, 0.15) is 10.5 Å². The molecule has 0 bridgehead atoms. The molecule has 1 aromatic carbocycles. The van der Waals surface area contributed by atoms with Crippen molar-refractivity contribution >= 4 is 34.5 Å². The van der Waals surface area contributed by atoms with E-state index in [1.807, 2.05) is 0 Å². The van der Waals surface area contributed by atoms with Gasteiger partial charge in [-0.3, -0.25) is 0 Å². The van der Waals surface area contributed by atoms with Crippen LogP contribution in [0.15, 0.2) is 42.1 Å². The minimum atomic E-state index is -1.18. The molecule has 1 aromatic heterocycles. The highest BCUT2D eigenvalue weighted by atomic mass is 16.5. The van der Waals surface area contributed by atoms with E-state index in [-0.39, 0.29) is 11.4 Å². The molecule has 0 unspecified atom stereocenters. The number of aromatic nitrogens is 1. The van der Waals surface area contributed by atoms with Crippen LogP contribution in [0, 0.1) is 0 Å². The van der Waals surface area contributed by atoms with E-state index in [4.69, 9.17) is 5.11 Å². The van der Waals surface area contributed by atoms with Crippen LogP contribution in [0.3, 0.4) is 0 Å². The molecule has 0 saturated carbocycles. The molecule has 0 spiro atoms. The number of carboxylic acids is 1. The molecular formula is C16H14N2O6. The van der Waals surface area contributed by atoms with E-state index >= 15 is 0 Å². The second kappa shape index (κ2) is 7.23. The molecule has 1 heterocycles. The Morgan fingerprint density at radius 1 is 1.12 bits per heavy atom. The normalized spacial score (nSPS) is 11.0. The van der Waals surface area contributed by atoms with Crippen molar-refractivity contribution in [3.63, 3.8) is 0 Å². The highest BCUT2D eigenvalue weighted by Gasteiger charge is 2.15. The number of hydrogen-bond acceptors (Lipinski definition) is 7. The maximum absolute atomic E-state index is 11.8. The molecule has 2 rings (SSSR count). The van der Waals surface area contributed by atoms with Gasteiger partial charge in [-0.1, -0.05) is 18.2 Å². The number of esters is 2. The third kappa shape index (κ3) is 3.67. The van der Waals surface area contributed by atoms with E-state index < -0.39 is 17.9 Å². The fraction of sp³-hybridized carbons (Fsp3) is 0.125. The number of carbonyl (C=O) groups is 3. The number of carboxylic acid groups (broad SMARTS) is 1. The maximum Gasteiger partial charge on any atom is 0.354 e. The average Bonchev–Trinajstić information content (AvgIpc) is 2.59. The number of aromatic carboxylic acids is 1. The van der Waals surface area contributed by atoms with Crippen LogP contribution in [0.5, 0.6) is 0 Å². The van der Waals surface area contributed by atoms with Crippen molar-refractivity contribution in [3.8, 4) is 0 Å². The van der Waals surface area contributed by atoms with Gasteiger partial charge < -0.3 is 19.9 Å². The third-order valence-corrected chi connectivity index (χ3v) is 3.08. The van der Waals surface area contributed by atoms with Crippen LogP contribution in [0.2, 0.25) is 0 Å². The van der Waals surface area contributed by atoms with Gasteiger partial charge in [-0.25, -0.2) is 19.4 Å². The summed E-state index contributed by atoms with van der Waals surface area (Å²) < 4.78 is 9.11. The molecular weight excluding hydrogens is 316 g/mol. The van der Waals surface area contributed by atoms with Gasteiger partial charge in [-0.05, 0) is 12.1 Å². The monoisotopic (exact) mass is 330 g/mol. The number of nitrogens with zero attached hydrogens (tertiary/aromatic N) is 1. The van der Waals surface area contributed by atoms with Crippen LogP contribution in [0.25, 0.3) is 10.9 Å². The highest BCUT2D eigenvalue weighted by Crippen LogP contribution is 2.23. The van der Waals surface area contributed by atoms with Crippen molar-refractivity contribution in [1.29, 1.82) is 0 Å². The van der Waals surface area contributed by atoms with Crippen molar-refractivity contribution in [1.82, 2.24) is 4.98 Å². The zero-order valence-electron chi connectivity index (χ0n) is 12.9. The first-order valence-electron chi connectivity index (χ1n) is 6.74. The fourth-order valence-electron chi connectivity index (χ4n) is 1.94. The summed E-state index contributed by atoms with van der Waals surface area (Å²) >= 11 is 0. The van der Waals surface area contributed by atoms with Crippen LogP contribution in [0.4, 0.5) is 5.69 Å². The van der Waals surface area contributed by atoms with Crippen LogP contribution in [-0.4, -0.2) is 42.2 Å². The summed E-state index contributed by atoms with van der Waals surface area (Å²) in [5, 5.41) is 12.5. The highest BCUT2D eigenvalue weighted by molar-refractivity contribution is 6.02. The largest absolute Gasteiger partial charge is 0.477 e. The molecule has 0 aliphatic rings. The van der Waals surface area contributed by atoms with Crippen molar-refractivity contribution in [2.75, 3.05) is 19.5 Å². The van der Waals surface area contributed by atoms with Gasteiger partial charge in [-0.2, -0.15) is 0 Å². The topological polar surface area (TPSA) is 115 Å². The molecule has 124 valence electrons. The summed E-state index contributed by atoms with van der Waals surface area (Å²) in [6, 6.07) is 7.99. The Morgan fingerprint density at radius 3 is 2.50 bits per heavy atom. The molecule has 0 aliphatic heterocycles. The molecule has 0 radical (unpaired) electrons. The number of methoxy groups -OCH3 is 2. The lowest BCUT2D eigenvalue weighted by molar-refractivity contribution is -0.138. The molecule has 2 N–H and O–H groups in total. The van der Waals surface area contributed by atoms with Crippen LogP contribution >= 0.6 is 0 Å². The zero-order chi connectivity index (χ0) is 17.7. The fourth-order valence-corrected chi connectivity index (χ4v) is 1.94. The van der Waals surface area contributed by atoms with E-state index in [0.717, 1.165) is 6.08 Å². The Morgan fingerprint density at radius 2 is 1.88 bits per heavy atom. The number of nitrogens with one attached hydrogen (secondary N) is 1. The molecule has 0 atom stereocenters. The first kappa shape index (κ1) is 16.9. The number of anilines is 1. The Kier molecular flexibility index (Phi) is 5.10. The van der Waals surface area contributed by atoms with Gasteiger partial charge in [0.25, 0.3) is 0 Å². The lowest BCUT2D eigenvalue weighted by Gasteiger charge is -2.11. The average molecular weight is 330 g/mol. The van der Waals surface area contributed by atoms with Crippen molar-refractivity contribution in [3.05, 3.63) is 47.8 Å². The Hall–Kier alpha value is -3.42. The standard InChI is InChI=1S/C16H14N2O6/c1-23-13(19)8-12(16(22)24-2)17-10-5-3-4-9-6-7-11(15(20)21)18-14(9)10/h3-8,17H,1-2H3,(H,20,21)/b12-8+. The summed E-state index contributed by atoms with van der Waals surface area (Å²) in [5.41, 5.74) is 0.362. The van der Waals surface area contributed by atoms with E-state index in [1.54, 1.807) is 24.3 Å². The molecule has 2 aromatic rings. The number of fused-ring (bicyclic) bond motifs is 1. The van der Waals surface area contributed by atoms with Crippen LogP contribution in [-0.2, 0) is 19.1 Å². The number of hydrogen-bond donors (Lipinski definition) is 2. The molecule has 0 amide bonds. The van der Waals surface area contributed by atoms with Crippen molar-refractivity contribution in [2.45, 2.75) is 0 Å². The Labute approximate surface area is 136 Å². The summed E-state index contributed by atoms with van der Waals surface area (Å²) in [5.74, 6) is -2.71. The first-order valence-corrected chi connectivity index (χ1v) is 6.74. The number of para-hydroxylation sites is 1. The molecule has 24 heavy (non-hydrogen) atoms. The minimum absolute atomic E-state index is 0.145. The molecule has 0 fully saturated rings. The van der Waals surface area contributed by atoms with E-state index in [2.05, 4.69) is 19.8 Å². The van der Waals surface area contributed by atoms with Gasteiger partial charge in [0.15, 0.2) is 0 Å². The maximum atomic E-state index is 11.8.